The number of ether oxygens (including phenoxy) is 1. The first-order valence-electron chi connectivity index (χ1n) is 10.2. The molecule has 0 aromatic carbocycles. The second kappa shape index (κ2) is 10.6. The zero-order valence-corrected chi connectivity index (χ0v) is 18.7. The minimum absolute atomic E-state index is 0.0836. The monoisotopic (exact) mass is 409 g/mol. The number of nitrogens with zero attached hydrogens (tertiary/aromatic N) is 3. The molecule has 0 bridgehead atoms. The lowest BCUT2D eigenvalue weighted by molar-refractivity contribution is 0.0110. The number of carbonyl (C=O) groups is 1. The Bertz CT molecular complexity index is 653. The van der Waals surface area contributed by atoms with Crippen molar-refractivity contribution in [3.63, 3.8) is 0 Å². The Balaban J connectivity index is 1.91. The van der Waals surface area contributed by atoms with Gasteiger partial charge in [-0.3, -0.25) is 4.99 Å². The third-order valence-corrected chi connectivity index (χ3v) is 5.22. The summed E-state index contributed by atoms with van der Waals surface area (Å²) < 4.78 is 5.58. The SMILES string of the molecule is CCNC(=NCC1CCCCN1C(=O)OC(C)(C)C)NCCc1csc(C)n1. The number of carbonyl (C=O) groups excluding carboxylic acids is 1. The molecule has 1 amide bonds. The van der Waals surface area contributed by atoms with Gasteiger partial charge in [0.2, 0.25) is 0 Å². The van der Waals surface area contributed by atoms with E-state index in [4.69, 9.17) is 9.73 Å². The quantitative estimate of drug-likeness (QED) is 0.556. The van der Waals surface area contributed by atoms with Crippen LogP contribution < -0.4 is 10.6 Å². The fraction of sp³-hybridized carbons (Fsp3) is 0.750. The molecule has 0 radical (unpaired) electrons. The van der Waals surface area contributed by atoms with Crippen molar-refractivity contribution in [2.45, 2.75) is 71.9 Å². The van der Waals surface area contributed by atoms with Crippen molar-refractivity contribution in [1.82, 2.24) is 20.5 Å². The van der Waals surface area contributed by atoms with Crippen LogP contribution in [0.1, 0.15) is 57.7 Å². The van der Waals surface area contributed by atoms with E-state index in [0.29, 0.717) is 6.54 Å². The Labute approximate surface area is 173 Å². The van der Waals surface area contributed by atoms with Crippen LogP contribution in [-0.4, -0.2) is 59.8 Å². The fourth-order valence-corrected chi connectivity index (χ4v) is 3.77. The Morgan fingerprint density at radius 3 is 2.82 bits per heavy atom. The third-order valence-electron chi connectivity index (χ3n) is 4.40. The van der Waals surface area contributed by atoms with Crippen molar-refractivity contribution in [2.24, 2.45) is 4.99 Å². The van der Waals surface area contributed by atoms with Gasteiger partial charge in [-0.1, -0.05) is 0 Å². The van der Waals surface area contributed by atoms with Gasteiger partial charge in [-0.15, -0.1) is 11.3 Å². The number of thiazole rings is 1. The van der Waals surface area contributed by atoms with Gasteiger partial charge in [0.25, 0.3) is 0 Å². The molecule has 2 rings (SSSR count). The second-order valence-corrected chi connectivity index (χ2v) is 9.14. The Hall–Kier alpha value is -1.83. The molecule has 1 aromatic heterocycles. The number of hydrogen-bond donors (Lipinski definition) is 2. The number of guanidine groups is 1. The van der Waals surface area contributed by atoms with Crippen LogP contribution in [0.15, 0.2) is 10.4 Å². The van der Waals surface area contributed by atoms with E-state index >= 15 is 0 Å². The van der Waals surface area contributed by atoms with Crippen LogP contribution >= 0.6 is 11.3 Å². The van der Waals surface area contributed by atoms with E-state index in [0.717, 1.165) is 62.0 Å². The molecule has 1 atom stereocenters. The van der Waals surface area contributed by atoms with E-state index in [9.17, 15) is 4.79 Å². The van der Waals surface area contributed by atoms with E-state index in [1.54, 1.807) is 11.3 Å². The minimum atomic E-state index is -0.479. The van der Waals surface area contributed by atoms with Crippen molar-refractivity contribution in [1.29, 1.82) is 0 Å². The highest BCUT2D eigenvalue weighted by atomic mass is 32.1. The highest BCUT2D eigenvalue weighted by molar-refractivity contribution is 7.09. The van der Waals surface area contributed by atoms with Gasteiger partial charge in [-0.05, 0) is 53.9 Å². The number of aryl methyl sites for hydroxylation is 1. The van der Waals surface area contributed by atoms with E-state index in [1.165, 1.54) is 0 Å². The van der Waals surface area contributed by atoms with Crippen LogP contribution in [0.3, 0.4) is 0 Å². The maximum absolute atomic E-state index is 12.5. The smallest absolute Gasteiger partial charge is 0.410 e. The molecular weight excluding hydrogens is 374 g/mol. The maximum Gasteiger partial charge on any atom is 0.410 e. The molecule has 2 N–H and O–H groups in total. The van der Waals surface area contributed by atoms with Gasteiger partial charge >= 0.3 is 6.09 Å². The summed E-state index contributed by atoms with van der Waals surface area (Å²) in [4.78, 5) is 23.6. The lowest BCUT2D eigenvalue weighted by atomic mass is 10.0. The summed E-state index contributed by atoms with van der Waals surface area (Å²) in [5.41, 5.74) is 0.626. The van der Waals surface area contributed by atoms with E-state index in [2.05, 4.69) is 27.9 Å². The zero-order valence-electron chi connectivity index (χ0n) is 17.9. The van der Waals surface area contributed by atoms with Crippen LogP contribution in [0.5, 0.6) is 0 Å². The van der Waals surface area contributed by atoms with Gasteiger partial charge in [-0.2, -0.15) is 0 Å². The first-order chi connectivity index (χ1) is 13.3. The van der Waals surface area contributed by atoms with Crippen molar-refractivity contribution in [3.05, 3.63) is 16.1 Å². The summed E-state index contributed by atoms with van der Waals surface area (Å²) in [5, 5.41) is 9.84. The molecule has 1 unspecified atom stereocenters. The van der Waals surface area contributed by atoms with Crippen LogP contribution in [0, 0.1) is 6.92 Å². The molecule has 158 valence electrons. The predicted molar refractivity (Wildman–Crippen MR) is 115 cm³/mol. The zero-order chi connectivity index (χ0) is 20.6. The van der Waals surface area contributed by atoms with E-state index in [-0.39, 0.29) is 12.1 Å². The standard InChI is InChI=1S/C20H35N5O2S/c1-6-21-18(22-11-10-16-14-28-15(2)24-16)23-13-17-9-7-8-12-25(17)19(26)27-20(3,4)5/h14,17H,6-13H2,1-5H3,(H2,21,22,23). The number of likely N-dealkylation sites (tertiary alicyclic amines) is 1. The van der Waals surface area contributed by atoms with E-state index in [1.807, 2.05) is 32.6 Å². The molecule has 28 heavy (non-hydrogen) atoms. The molecule has 2 heterocycles. The first-order valence-corrected chi connectivity index (χ1v) is 11.1. The van der Waals surface area contributed by atoms with Gasteiger partial charge in [0.05, 0.1) is 23.3 Å². The molecule has 0 saturated carbocycles. The van der Waals surface area contributed by atoms with Gasteiger partial charge in [-0.25, -0.2) is 9.78 Å². The number of nitrogens with one attached hydrogen (secondary N) is 2. The molecule has 1 aliphatic heterocycles. The van der Waals surface area contributed by atoms with Crippen LogP contribution in [-0.2, 0) is 11.2 Å². The summed E-state index contributed by atoms with van der Waals surface area (Å²) in [6, 6.07) is 0.0836. The number of rotatable bonds is 6. The summed E-state index contributed by atoms with van der Waals surface area (Å²) in [6.07, 6.45) is 3.73. The Kier molecular flexibility index (Phi) is 8.54. The second-order valence-electron chi connectivity index (χ2n) is 8.08. The highest BCUT2D eigenvalue weighted by Crippen LogP contribution is 2.20. The molecular formula is C20H35N5O2S. The summed E-state index contributed by atoms with van der Waals surface area (Å²) in [6.45, 7) is 12.7. The van der Waals surface area contributed by atoms with Crippen LogP contribution in [0.4, 0.5) is 4.79 Å². The average Bonchev–Trinajstić information content (AvgIpc) is 3.03. The third kappa shape index (κ3) is 7.66. The molecule has 0 aliphatic carbocycles. The summed E-state index contributed by atoms with van der Waals surface area (Å²) >= 11 is 1.68. The lowest BCUT2D eigenvalue weighted by Gasteiger charge is -2.36. The van der Waals surface area contributed by atoms with Crippen molar-refractivity contribution >= 4 is 23.4 Å². The molecule has 1 aromatic rings. The number of aliphatic imine (C=N–C) groups is 1. The molecule has 1 fully saturated rings. The van der Waals surface area contributed by atoms with Gasteiger partial charge < -0.3 is 20.3 Å². The highest BCUT2D eigenvalue weighted by Gasteiger charge is 2.30. The summed E-state index contributed by atoms with van der Waals surface area (Å²) in [7, 11) is 0. The summed E-state index contributed by atoms with van der Waals surface area (Å²) in [5.74, 6) is 0.782. The predicted octanol–water partition coefficient (Wildman–Crippen LogP) is 3.34. The molecule has 1 aliphatic rings. The molecule has 0 spiro atoms. The molecule has 7 nitrogen and oxygen atoms in total. The van der Waals surface area contributed by atoms with Crippen LogP contribution in [0.2, 0.25) is 0 Å². The Morgan fingerprint density at radius 2 is 2.18 bits per heavy atom. The topological polar surface area (TPSA) is 78.9 Å². The number of amides is 1. The lowest BCUT2D eigenvalue weighted by Crippen LogP contribution is -2.48. The number of hydrogen-bond acceptors (Lipinski definition) is 5. The van der Waals surface area contributed by atoms with Crippen molar-refractivity contribution < 1.29 is 9.53 Å². The maximum atomic E-state index is 12.5. The fourth-order valence-electron chi connectivity index (χ4n) is 3.12. The Morgan fingerprint density at radius 1 is 1.39 bits per heavy atom. The molecule has 1 saturated heterocycles. The van der Waals surface area contributed by atoms with Gasteiger partial charge in [0, 0.05) is 31.4 Å². The van der Waals surface area contributed by atoms with Gasteiger partial charge in [0.15, 0.2) is 5.96 Å². The van der Waals surface area contributed by atoms with Crippen LogP contribution in [0.25, 0.3) is 0 Å². The van der Waals surface area contributed by atoms with E-state index < -0.39 is 5.60 Å². The normalized spacial score (nSPS) is 18.1. The first kappa shape index (κ1) is 22.5. The van der Waals surface area contributed by atoms with Crippen molar-refractivity contribution in [2.75, 3.05) is 26.2 Å². The largest absolute Gasteiger partial charge is 0.444 e. The minimum Gasteiger partial charge on any atom is -0.444 e. The number of aromatic nitrogens is 1. The average molecular weight is 410 g/mol. The molecule has 8 heteroatoms. The van der Waals surface area contributed by atoms with Gasteiger partial charge in [0.1, 0.15) is 5.60 Å². The number of piperidine rings is 1. The van der Waals surface area contributed by atoms with Crippen molar-refractivity contribution in [3.8, 4) is 0 Å².